The molecule has 80 heavy (non-hydrogen) atoms. The fourth-order valence-corrected chi connectivity index (χ4v) is 10.1. The maximum absolute atomic E-state index is 6.63. The van der Waals surface area contributed by atoms with Gasteiger partial charge in [0, 0.05) is 34.3 Å². The molecule has 4 saturated heterocycles. The molecule has 4 aliphatic heterocycles. The molecule has 6 aromatic carbocycles. The third-order valence-electron chi connectivity index (χ3n) is 13.5. The molecule has 21 heteroatoms. The third kappa shape index (κ3) is 13.4. The van der Waals surface area contributed by atoms with E-state index in [-0.39, 0.29) is 56.3 Å². The van der Waals surface area contributed by atoms with Gasteiger partial charge in [-0.3, -0.25) is 0 Å². The van der Waals surface area contributed by atoms with Gasteiger partial charge in [0.25, 0.3) is 0 Å². The van der Waals surface area contributed by atoms with E-state index in [4.69, 9.17) is 97.4 Å². The van der Waals surface area contributed by atoms with Gasteiger partial charge in [-0.05, 0) is 59.7 Å². The van der Waals surface area contributed by atoms with Crippen LogP contribution in [-0.4, -0.2) is 124 Å². The highest BCUT2D eigenvalue weighted by molar-refractivity contribution is 6.34. The minimum absolute atomic E-state index is 0. The molecule has 6 heterocycles. The summed E-state index contributed by atoms with van der Waals surface area (Å²) >= 11 is 18.7. The summed E-state index contributed by atoms with van der Waals surface area (Å²) in [4.78, 5) is 16.7. The SMILES string of the molecule is C.COc1cc2ncnc(Cl)c2cc1OC.COc1cc2ncnc(Nc3ccc(OC4CO[C@@H]5[C@@H](OCc6ccccc6)CO[C@H]45)c(Cl)c3)c2cc1OC.Nc1ccc(OC2CO[C@@H]3[C@@H](OCc4ccccc4)CO[C@H]23)c(Cl)c1. The van der Waals surface area contributed by atoms with E-state index in [1.54, 1.807) is 64.8 Å². The Bertz CT molecular complexity index is 3340. The van der Waals surface area contributed by atoms with Crippen molar-refractivity contribution >= 4 is 73.8 Å². The first-order valence-electron chi connectivity index (χ1n) is 25.2. The molecule has 2 aromatic heterocycles. The van der Waals surface area contributed by atoms with Gasteiger partial charge in [0.1, 0.15) is 71.7 Å². The number of halogens is 3. The van der Waals surface area contributed by atoms with Crippen molar-refractivity contribution in [3.05, 3.63) is 160 Å². The largest absolute Gasteiger partial charge is 0.493 e. The van der Waals surface area contributed by atoms with Gasteiger partial charge < -0.3 is 67.9 Å². The van der Waals surface area contributed by atoms with E-state index in [2.05, 4.69) is 25.3 Å². The van der Waals surface area contributed by atoms with Gasteiger partial charge >= 0.3 is 0 Å². The summed E-state index contributed by atoms with van der Waals surface area (Å²) in [6, 6.07) is 38.0. The maximum atomic E-state index is 6.63. The number of anilines is 3. The van der Waals surface area contributed by atoms with Crippen molar-refractivity contribution in [2.45, 2.75) is 69.5 Å². The number of ether oxygens (including phenoxy) is 12. The lowest BCUT2D eigenvalue weighted by molar-refractivity contribution is -0.0425. The number of nitrogens with two attached hydrogens (primary N) is 1. The minimum Gasteiger partial charge on any atom is -0.493 e. The zero-order valence-corrected chi connectivity index (χ0v) is 45.7. The monoisotopic (exact) mass is 1150 g/mol. The Hall–Kier alpha value is -6.97. The molecule has 12 rings (SSSR count). The zero-order valence-electron chi connectivity index (χ0n) is 43.5. The third-order valence-corrected chi connectivity index (χ3v) is 14.4. The molecule has 0 spiro atoms. The Morgan fingerprint density at radius 1 is 0.487 bits per heavy atom. The van der Waals surface area contributed by atoms with Crippen molar-refractivity contribution in [2.24, 2.45) is 0 Å². The number of fused-ring (bicyclic) bond motifs is 4. The van der Waals surface area contributed by atoms with Gasteiger partial charge in [-0.15, -0.1) is 0 Å². The van der Waals surface area contributed by atoms with E-state index in [9.17, 15) is 0 Å². The Kier molecular flexibility index (Phi) is 19.5. The molecular weight excluding hydrogens is 1090 g/mol. The number of methoxy groups -OCH3 is 4. The number of aromatic nitrogens is 4. The van der Waals surface area contributed by atoms with Crippen LogP contribution >= 0.6 is 34.8 Å². The topological polar surface area (TPSA) is 200 Å². The molecule has 0 radical (unpaired) electrons. The van der Waals surface area contributed by atoms with Crippen LogP contribution in [0.2, 0.25) is 15.2 Å². The van der Waals surface area contributed by atoms with Crippen LogP contribution in [0.4, 0.5) is 17.2 Å². The molecular formula is C59H61Cl3N6O12. The fourth-order valence-electron chi connectivity index (χ4n) is 9.49. The van der Waals surface area contributed by atoms with Crippen LogP contribution in [0.1, 0.15) is 18.6 Å². The van der Waals surface area contributed by atoms with Crippen LogP contribution < -0.4 is 39.5 Å². The van der Waals surface area contributed by atoms with Gasteiger partial charge in [0.15, 0.2) is 35.2 Å². The molecule has 420 valence electrons. The number of nitrogen functional groups attached to an aromatic ring is 1. The number of rotatable bonds is 16. The lowest BCUT2D eigenvalue weighted by atomic mass is 10.1. The summed E-state index contributed by atoms with van der Waals surface area (Å²) in [5.74, 6) is 4.16. The summed E-state index contributed by atoms with van der Waals surface area (Å²) in [7, 11) is 6.32. The van der Waals surface area contributed by atoms with E-state index in [1.807, 2.05) is 84.9 Å². The predicted octanol–water partition coefficient (Wildman–Crippen LogP) is 11.2. The van der Waals surface area contributed by atoms with Gasteiger partial charge in [-0.2, -0.15) is 0 Å². The highest BCUT2D eigenvalue weighted by Gasteiger charge is 2.51. The molecule has 3 N–H and O–H groups in total. The molecule has 0 aliphatic carbocycles. The highest BCUT2D eigenvalue weighted by atomic mass is 35.5. The average molecular weight is 1150 g/mol. The van der Waals surface area contributed by atoms with Crippen LogP contribution in [0.5, 0.6) is 34.5 Å². The maximum Gasteiger partial charge on any atom is 0.162 e. The van der Waals surface area contributed by atoms with Gasteiger partial charge in [-0.25, -0.2) is 19.9 Å². The van der Waals surface area contributed by atoms with E-state index in [0.29, 0.717) is 101 Å². The Balaban J connectivity index is 0.000000161. The van der Waals surface area contributed by atoms with E-state index >= 15 is 0 Å². The molecule has 0 amide bonds. The first kappa shape index (κ1) is 57.7. The molecule has 8 aromatic rings. The summed E-state index contributed by atoms with van der Waals surface area (Å²) in [6.07, 6.45) is 1.48. The smallest absolute Gasteiger partial charge is 0.162 e. The number of nitrogens with zero attached hydrogens (tertiary/aromatic N) is 4. The van der Waals surface area contributed by atoms with Crippen molar-refractivity contribution in [1.82, 2.24) is 19.9 Å². The van der Waals surface area contributed by atoms with Crippen LogP contribution in [0.25, 0.3) is 21.8 Å². The Morgan fingerprint density at radius 3 is 1.43 bits per heavy atom. The zero-order chi connectivity index (χ0) is 54.8. The normalized spacial score (nSPS) is 21.4. The first-order valence-corrected chi connectivity index (χ1v) is 26.3. The lowest BCUT2D eigenvalue weighted by Gasteiger charge is -2.19. The van der Waals surface area contributed by atoms with Crippen molar-refractivity contribution in [1.29, 1.82) is 0 Å². The van der Waals surface area contributed by atoms with Crippen LogP contribution in [0, 0.1) is 0 Å². The number of benzene rings is 6. The second kappa shape index (κ2) is 27.0. The molecule has 18 nitrogen and oxygen atoms in total. The van der Waals surface area contributed by atoms with Crippen LogP contribution in [-0.2, 0) is 41.6 Å². The molecule has 8 atom stereocenters. The van der Waals surface area contributed by atoms with Gasteiger partial charge in [0.2, 0.25) is 0 Å². The lowest BCUT2D eigenvalue weighted by Crippen LogP contribution is -2.35. The Morgan fingerprint density at radius 2 is 0.925 bits per heavy atom. The second-order valence-electron chi connectivity index (χ2n) is 18.5. The van der Waals surface area contributed by atoms with Crippen molar-refractivity contribution < 1.29 is 56.8 Å². The minimum atomic E-state index is -0.287. The summed E-state index contributed by atoms with van der Waals surface area (Å²) < 4.78 is 69.3. The summed E-state index contributed by atoms with van der Waals surface area (Å²) in [5.41, 5.74) is 10.7. The standard InChI is InChI=1S/C29H28ClN3O6.C19H20ClNO4.C10H9ClN2O2.CH4/c1-34-23-11-19-21(12-24(23)35-2)31-16-32-29(19)33-18-8-9-22(20(30)10-18)39-26-15-38-27-25(14-37-28(26)27)36-13-17-6-4-3-5-7-17;20-14-8-13(21)6-7-15(14)25-17-11-24-18-16(10-23-19(17)18)22-9-12-4-2-1-3-5-12;1-14-8-3-6-7(4-9(8)15-2)12-5-13-10(6)11;/h3-12,16,25-28H,13-15H2,1-2H3,(H,31,32,33);1-8,16-19H,9-11,21H2;3-5H,1-2H3;1H4/t25-,26?,27+,28+;16-,17?,18+,19+;;/m00../s1. The average Bonchev–Trinajstić information content (AvgIpc) is 4.29. The quantitative estimate of drug-likeness (QED) is 0.0683. The van der Waals surface area contributed by atoms with Gasteiger partial charge in [-0.1, -0.05) is 103 Å². The highest BCUT2D eigenvalue weighted by Crippen LogP contribution is 2.39. The predicted molar refractivity (Wildman–Crippen MR) is 305 cm³/mol. The van der Waals surface area contributed by atoms with Crippen molar-refractivity contribution in [3.8, 4) is 34.5 Å². The fraction of sp³-hybridized carbons (Fsp3) is 0.322. The van der Waals surface area contributed by atoms with Gasteiger partial charge in [0.05, 0.1) is 89.2 Å². The number of hydrogen-bond acceptors (Lipinski definition) is 18. The second-order valence-corrected chi connectivity index (χ2v) is 19.6. The molecule has 4 fully saturated rings. The van der Waals surface area contributed by atoms with Crippen molar-refractivity contribution in [3.63, 3.8) is 0 Å². The molecule has 2 unspecified atom stereocenters. The number of hydrogen-bond donors (Lipinski definition) is 2. The van der Waals surface area contributed by atoms with E-state index < -0.39 is 0 Å². The van der Waals surface area contributed by atoms with E-state index in [1.165, 1.54) is 12.7 Å². The van der Waals surface area contributed by atoms with Crippen molar-refractivity contribution in [2.75, 3.05) is 65.9 Å². The first-order chi connectivity index (χ1) is 38.6. The van der Waals surface area contributed by atoms with Crippen LogP contribution in [0.15, 0.2) is 134 Å². The summed E-state index contributed by atoms with van der Waals surface area (Å²) in [5, 5.41) is 6.18. The molecule has 4 aliphatic rings. The Labute approximate surface area is 478 Å². The van der Waals surface area contributed by atoms with Crippen LogP contribution in [0.3, 0.4) is 0 Å². The molecule has 0 bridgehead atoms. The molecule has 0 saturated carbocycles. The summed E-state index contributed by atoms with van der Waals surface area (Å²) in [6.45, 7) is 2.85. The number of nitrogens with one attached hydrogen (secondary N) is 1. The van der Waals surface area contributed by atoms with E-state index in [0.717, 1.165) is 38.6 Å².